The first-order valence-corrected chi connectivity index (χ1v) is 8.67. The highest BCUT2D eigenvalue weighted by Crippen LogP contribution is 2.14. The van der Waals surface area contributed by atoms with Gasteiger partial charge in [0, 0.05) is 18.3 Å². The van der Waals surface area contributed by atoms with Crippen LogP contribution >= 0.6 is 0 Å². The molecule has 0 spiro atoms. The minimum atomic E-state index is -0.350. The molecule has 0 unspecified atom stereocenters. The zero-order chi connectivity index (χ0) is 20.6. The smallest absolute Gasteiger partial charge is 0.240 e. The van der Waals surface area contributed by atoms with Crippen molar-refractivity contribution in [2.45, 2.75) is 26.3 Å². The average molecular weight is 378 g/mol. The van der Waals surface area contributed by atoms with E-state index in [4.69, 9.17) is 4.74 Å². The number of amides is 3. The second kappa shape index (κ2) is 9.91. The van der Waals surface area contributed by atoms with E-state index in [1.54, 1.807) is 50.4 Å². The van der Waals surface area contributed by atoms with Crippen LogP contribution < -0.4 is 15.4 Å². The van der Waals surface area contributed by atoms with Crippen molar-refractivity contribution >= 4 is 23.4 Å². The number of anilines is 1. The summed E-state index contributed by atoms with van der Waals surface area (Å²) < 4.78 is 5.07. The Morgan fingerprint density at radius 3 is 2.07 bits per heavy atom. The van der Waals surface area contributed by atoms with Crippen LogP contribution in [0.25, 0.3) is 0 Å². The maximum atomic E-state index is 12.2. The predicted molar refractivity (Wildman–Crippen MR) is 105 cm³/mol. The second-order valence-corrected chi connectivity index (χ2v) is 7.50. The molecule has 1 aromatic rings. The molecule has 0 aliphatic heterocycles. The van der Waals surface area contributed by atoms with Crippen LogP contribution in [0.15, 0.2) is 24.3 Å². The first kappa shape index (κ1) is 22.4. The number of rotatable bonds is 8. The van der Waals surface area contributed by atoms with Gasteiger partial charge in [0.2, 0.25) is 17.7 Å². The number of hydrogen-bond donors (Lipinski definition) is 2. The summed E-state index contributed by atoms with van der Waals surface area (Å²) in [5.74, 6) is 0.00917. The molecule has 1 aromatic carbocycles. The van der Waals surface area contributed by atoms with Crippen LogP contribution in [0.5, 0.6) is 5.75 Å². The van der Waals surface area contributed by atoms with E-state index in [0.29, 0.717) is 11.4 Å². The van der Waals surface area contributed by atoms with Gasteiger partial charge >= 0.3 is 0 Å². The number of ether oxygens (including phenoxy) is 1. The van der Waals surface area contributed by atoms with Crippen molar-refractivity contribution in [3.8, 4) is 5.75 Å². The number of carbonyl (C=O) groups excluding carboxylic acids is 3. The maximum absolute atomic E-state index is 12.2. The van der Waals surface area contributed by atoms with Gasteiger partial charge in [-0.2, -0.15) is 0 Å². The summed E-state index contributed by atoms with van der Waals surface area (Å²) in [5, 5.41) is 5.57. The Balaban J connectivity index is 2.42. The second-order valence-electron chi connectivity index (χ2n) is 7.50. The van der Waals surface area contributed by atoms with Gasteiger partial charge in [-0.1, -0.05) is 0 Å². The first-order chi connectivity index (χ1) is 12.5. The Hall–Kier alpha value is -2.61. The molecule has 2 N–H and O–H groups in total. The van der Waals surface area contributed by atoms with Gasteiger partial charge in [0.15, 0.2) is 0 Å². The van der Waals surface area contributed by atoms with Gasteiger partial charge in [0.25, 0.3) is 0 Å². The number of hydrogen-bond acceptors (Lipinski definition) is 5. The van der Waals surface area contributed by atoms with E-state index in [-0.39, 0.29) is 42.9 Å². The SMILES string of the molecule is COc1ccc(NC(=O)CN(C)CC(=O)N(C)CC(=O)NC(C)(C)C)cc1. The molecule has 27 heavy (non-hydrogen) atoms. The van der Waals surface area contributed by atoms with Crippen LogP contribution in [0.1, 0.15) is 20.8 Å². The molecule has 0 heterocycles. The average Bonchev–Trinajstić information content (AvgIpc) is 2.53. The van der Waals surface area contributed by atoms with Crippen molar-refractivity contribution in [3.05, 3.63) is 24.3 Å². The molecular weight excluding hydrogens is 348 g/mol. The Morgan fingerprint density at radius 2 is 1.56 bits per heavy atom. The van der Waals surface area contributed by atoms with E-state index in [0.717, 1.165) is 0 Å². The minimum absolute atomic E-state index is 0.0258. The monoisotopic (exact) mass is 378 g/mol. The van der Waals surface area contributed by atoms with Crippen LogP contribution in [-0.2, 0) is 14.4 Å². The van der Waals surface area contributed by atoms with E-state index in [2.05, 4.69) is 10.6 Å². The number of nitrogens with zero attached hydrogens (tertiary/aromatic N) is 2. The molecule has 0 aromatic heterocycles. The summed E-state index contributed by atoms with van der Waals surface area (Å²) in [6.07, 6.45) is 0. The van der Waals surface area contributed by atoms with Gasteiger partial charge in [-0.15, -0.1) is 0 Å². The summed E-state index contributed by atoms with van der Waals surface area (Å²) in [6, 6.07) is 6.98. The molecule has 0 saturated heterocycles. The highest BCUT2D eigenvalue weighted by Gasteiger charge is 2.19. The van der Waals surface area contributed by atoms with Crippen molar-refractivity contribution in [2.75, 3.05) is 46.2 Å². The molecular formula is C19H30N4O4. The molecule has 0 radical (unpaired) electrons. The number of likely N-dealkylation sites (N-methyl/N-ethyl adjacent to an activating group) is 2. The Bertz CT molecular complexity index is 653. The molecule has 0 saturated carbocycles. The topological polar surface area (TPSA) is 91.0 Å². The lowest BCUT2D eigenvalue weighted by Crippen LogP contribution is -2.48. The van der Waals surface area contributed by atoms with Crippen LogP contribution in [0.3, 0.4) is 0 Å². The number of benzene rings is 1. The van der Waals surface area contributed by atoms with E-state index >= 15 is 0 Å². The molecule has 0 bridgehead atoms. The van der Waals surface area contributed by atoms with Crippen molar-refractivity contribution < 1.29 is 19.1 Å². The van der Waals surface area contributed by atoms with Crippen LogP contribution in [0.2, 0.25) is 0 Å². The number of methoxy groups -OCH3 is 1. The molecule has 8 nitrogen and oxygen atoms in total. The standard InChI is InChI=1S/C19H30N4O4/c1-19(2,3)21-17(25)12-23(5)18(26)13-22(4)11-16(24)20-14-7-9-15(27-6)10-8-14/h7-10H,11-13H2,1-6H3,(H,20,24)(H,21,25). The van der Waals surface area contributed by atoms with Gasteiger partial charge in [-0.05, 0) is 52.1 Å². The summed E-state index contributed by atoms with van der Waals surface area (Å²) in [4.78, 5) is 39.2. The molecule has 150 valence electrons. The summed E-state index contributed by atoms with van der Waals surface area (Å²) in [7, 11) is 4.81. The van der Waals surface area contributed by atoms with Crippen LogP contribution in [0.4, 0.5) is 5.69 Å². The fraction of sp³-hybridized carbons (Fsp3) is 0.526. The zero-order valence-corrected chi connectivity index (χ0v) is 17.0. The normalized spacial score (nSPS) is 11.1. The first-order valence-electron chi connectivity index (χ1n) is 8.67. The molecule has 3 amide bonds. The van der Waals surface area contributed by atoms with Gasteiger partial charge in [0.1, 0.15) is 5.75 Å². The van der Waals surface area contributed by atoms with E-state index < -0.39 is 0 Å². The van der Waals surface area contributed by atoms with E-state index in [1.807, 2.05) is 20.8 Å². The Kier molecular flexibility index (Phi) is 8.24. The molecule has 0 fully saturated rings. The third-order valence-electron chi connectivity index (χ3n) is 3.51. The van der Waals surface area contributed by atoms with Crippen molar-refractivity contribution in [3.63, 3.8) is 0 Å². The fourth-order valence-electron chi connectivity index (χ4n) is 2.29. The third kappa shape index (κ3) is 9.05. The molecule has 0 aliphatic rings. The largest absolute Gasteiger partial charge is 0.497 e. The van der Waals surface area contributed by atoms with Gasteiger partial charge in [0.05, 0.1) is 26.7 Å². The summed E-state index contributed by atoms with van der Waals surface area (Å²) >= 11 is 0. The lowest BCUT2D eigenvalue weighted by Gasteiger charge is -2.24. The fourth-order valence-corrected chi connectivity index (χ4v) is 2.29. The van der Waals surface area contributed by atoms with Crippen LogP contribution in [0, 0.1) is 0 Å². The predicted octanol–water partition coefficient (Wildman–Crippen LogP) is 0.939. The van der Waals surface area contributed by atoms with Gasteiger partial charge in [-0.3, -0.25) is 19.3 Å². The molecule has 1 rings (SSSR count). The van der Waals surface area contributed by atoms with E-state index in [1.165, 1.54) is 4.90 Å². The molecule has 0 aliphatic carbocycles. The van der Waals surface area contributed by atoms with Crippen molar-refractivity contribution in [1.29, 1.82) is 0 Å². The van der Waals surface area contributed by atoms with Gasteiger partial charge < -0.3 is 20.3 Å². The number of carbonyl (C=O) groups is 3. The lowest BCUT2D eigenvalue weighted by atomic mass is 10.1. The Morgan fingerprint density at radius 1 is 0.963 bits per heavy atom. The van der Waals surface area contributed by atoms with Crippen molar-refractivity contribution in [1.82, 2.24) is 15.1 Å². The van der Waals surface area contributed by atoms with Crippen molar-refractivity contribution in [2.24, 2.45) is 0 Å². The highest BCUT2D eigenvalue weighted by atomic mass is 16.5. The van der Waals surface area contributed by atoms with E-state index in [9.17, 15) is 14.4 Å². The quantitative estimate of drug-likeness (QED) is 0.703. The maximum Gasteiger partial charge on any atom is 0.240 e. The molecule has 0 atom stereocenters. The zero-order valence-electron chi connectivity index (χ0n) is 17.0. The third-order valence-corrected chi connectivity index (χ3v) is 3.51. The van der Waals surface area contributed by atoms with Gasteiger partial charge in [-0.25, -0.2) is 0 Å². The summed E-state index contributed by atoms with van der Waals surface area (Å²) in [6.45, 7) is 5.70. The van der Waals surface area contributed by atoms with Crippen LogP contribution in [-0.4, -0.2) is 73.9 Å². The molecule has 8 heteroatoms. The summed E-state index contributed by atoms with van der Waals surface area (Å²) in [5.41, 5.74) is 0.300. The highest BCUT2D eigenvalue weighted by molar-refractivity contribution is 5.92. The number of nitrogens with one attached hydrogen (secondary N) is 2. The minimum Gasteiger partial charge on any atom is -0.497 e. The lowest BCUT2D eigenvalue weighted by molar-refractivity contribution is -0.136. The Labute approximate surface area is 160 Å².